The fraction of sp³-hybridized carbons (Fsp3) is 0.200. The van der Waals surface area contributed by atoms with E-state index in [1.807, 2.05) is 20.4 Å². The van der Waals surface area contributed by atoms with E-state index < -0.39 is 0 Å². The second-order valence-corrected chi connectivity index (χ2v) is 0.236. The van der Waals surface area contributed by atoms with E-state index in [4.69, 9.17) is 19.2 Å². The Balaban J connectivity index is -0.0000000190. The molecule has 0 spiro atoms. The van der Waals surface area contributed by atoms with Gasteiger partial charge in [0, 0.05) is 0 Å². The minimum absolute atomic E-state index is 0.750. The van der Waals surface area contributed by atoms with Crippen molar-refractivity contribution in [1.29, 1.82) is 0 Å². The first-order valence-electron chi connectivity index (χ1n) is 1.68. The molecule has 0 unspecified atom stereocenters. The predicted molar refractivity (Wildman–Crippen MR) is 33.1 cm³/mol. The van der Waals surface area contributed by atoms with Gasteiger partial charge in [0.2, 0.25) is 0 Å². The zero-order valence-corrected chi connectivity index (χ0v) is 5.33. The highest BCUT2D eigenvalue weighted by Crippen LogP contribution is 1.13. The Labute approximate surface area is 53.9 Å². The van der Waals surface area contributed by atoms with E-state index in [-0.39, 0.29) is 0 Å². The van der Waals surface area contributed by atoms with Gasteiger partial charge in [-0.25, -0.2) is 0 Å². The molecule has 0 aromatic rings. The van der Waals surface area contributed by atoms with Crippen LogP contribution in [0.4, 0.5) is 0 Å². The summed E-state index contributed by atoms with van der Waals surface area (Å²) in [6.07, 6.45) is 0.750. The standard InChI is InChI=1S/C2H4O.3CH2O/c1-2-3;3*1-2/h2H,1H3;3*1H2. The molecule has 4 heteroatoms. The third-order valence-electron chi connectivity index (χ3n) is 0. The average Bonchev–Trinajstić information content (AvgIpc) is 2.01. The summed E-state index contributed by atoms with van der Waals surface area (Å²) in [7, 11) is 0. The van der Waals surface area contributed by atoms with Crippen LogP contribution in [0, 0.1) is 0 Å². The van der Waals surface area contributed by atoms with Crippen molar-refractivity contribution in [2.45, 2.75) is 6.92 Å². The van der Waals surface area contributed by atoms with Crippen molar-refractivity contribution in [2.24, 2.45) is 0 Å². The van der Waals surface area contributed by atoms with Crippen LogP contribution in [0.15, 0.2) is 0 Å². The van der Waals surface area contributed by atoms with E-state index in [0.29, 0.717) is 0 Å². The highest BCUT2D eigenvalue weighted by Gasteiger charge is 1.24. The van der Waals surface area contributed by atoms with Crippen LogP contribution in [0.2, 0.25) is 0 Å². The molecule has 0 aliphatic heterocycles. The molecule has 4 nitrogen and oxygen atoms in total. The summed E-state index contributed by atoms with van der Waals surface area (Å²) < 4.78 is 0. The molecule has 0 aromatic carbocycles. The Morgan fingerprint density at radius 3 is 0.889 bits per heavy atom. The fourth-order valence-electron chi connectivity index (χ4n) is 0. The second-order valence-electron chi connectivity index (χ2n) is 0.236. The topological polar surface area (TPSA) is 68.3 Å². The van der Waals surface area contributed by atoms with Crippen LogP contribution in [0.25, 0.3) is 0 Å². The molecular formula is C5H10O4. The van der Waals surface area contributed by atoms with Gasteiger partial charge in [-0.05, 0) is 6.92 Å². The van der Waals surface area contributed by atoms with Gasteiger partial charge in [-0.3, -0.25) is 0 Å². The molecule has 0 saturated carbocycles. The molecule has 54 valence electrons. The second kappa shape index (κ2) is 2100. The van der Waals surface area contributed by atoms with Crippen molar-refractivity contribution >= 4 is 26.7 Å². The molecular weight excluding hydrogens is 124 g/mol. The molecule has 0 rings (SSSR count). The van der Waals surface area contributed by atoms with Crippen LogP contribution in [0.3, 0.4) is 0 Å². The van der Waals surface area contributed by atoms with Gasteiger partial charge in [-0.1, -0.05) is 0 Å². The quantitative estimate of drug-likeness (QED) is 0.424. The maximum atomic E-state index is 8.81. The van der Waals surface area contributed by atoms with Crippen LogP contribution < -0.4 is 0 Å². The van der Waals surface area contributed by atoms with Gasteiger partial charge in [0.1, 0.15) is 26.7 Å². The van der Waals surface area contributed by atoms with Crippen molar-refractivity contribution < 1.29 is 19.2 Å². The SMILES string of the molecule is C=O.C=O.C=O.CC=O. The largest absolute Gasteiger partial charge is 0.307 e. The summed E-state index contributed by atoms with van der Waals surface area (Å²) in [4.78, 5) is 32.8. The predicted octanol–water partition coefficient (Wildman–Crippen LogP) is -0.350. The minimum atomic E-state index is 0.750. The van der Waals surface area contributed by atoms with Crippen molar-refractivity contribution in [2.75, 3.05) is 0 Å². The Morgan fingerprint density at radius 2 is 0.889 bits per heavy atom. The molecule has 0 aliphatic carbocycles. The highest BCUT2D eigenvalue weighted by atomic mass is 16.1. The van der Waals surface area contributed by atoms with E-state index in [1.54, 1.807) is 0 Å². The van der Waals surface area contributed by atoms with E-state index in [9.17, 15) is 0 Å². The van der Waals surface area contributed by atoms with Gasteiger partial charge in [0.15, 0.2) is 0 Å². The Kier molecular flexibility index (Phi) is 5920. The first-order chi connectivity index (χ1) is 4.41. The van der Waals surface area contributed by atoms with Gasteiger partial charge in [0.05, 0.1) is 0 Å². The van der Waals surface area contributed by atoms with Gasteiger partial charge < -0.3 is 19.2 Å². The van der Waals surface area contributed by atoms with Gasteiger partial charge in [0.25, 0.3) is 0 Å². The smallest absolute Gasteiger partial charge is 0.116 e. The number of carbonyl (C=O) groups excluding carboxylic acids is 4. The minimum Gasteiger partial charge on any atom is -0.307 e. The van der Waals surface area contributed by atoms with Gasteiger partial charge in [-0.15, -0.1) is 0 Å². The lowest BCUT2D eigenvalue weighted by Crippen LogP contribution is -1.36. The van der Waals surface area contributed by atoms with Gasteiger partial charge >= 0.3 is 0 Å². The van der Waals surface area contributed by atoms with E-state index >= 15 is 0 Å². The highest BCUT2D eigenvalue weighted by molar-refractivity contribution is 5.44. The molecule has 0 aromatic heterocycles. The average molecular weight is 134 g/mol. The summed E-state index contributed by atoms with van der Waals surface area (Å²) in [5.74, 6) is 0. The molecule has 0 atom stereocenters. The Hall–Kier alpha value is -1.32. The van der Waals surface area contributed by atoms with E-state index in [2.05, 4.69) is 0 Å². The summed E-state index contributed by atoms with van der Waals surface area (Å²) in [6.45, 7) is 7.44. The van der Waals surface area contributed by atoms with E-state index in [1.165, 1.54) is 6.92 Å². The van der Waals surface area contributed by atoms with Crippen molar-refractivity contribution in [3.63, 3.8) is 0 Å². The lowest BCUT2D eigenvalue weighted by molar-refractivity contribution is -0.106. The van der Waals surface area contributed by atoms with E-state index in [0.717, 1.165) is 6.29 Å². The first kappa shape index (κ1) is 25.3. The summed E-state index contributed by atoms with van der Waals surface area (Å²) >= 11 is 0. The van der Waals surface area contributed by atoms with Crippen LogP contribution in [-0.4, -0.2) is 26.7 Å². The number of hydrogen-bond acceptors (Lipinski definition) is 4. The lowest BCUT2D eigenvalue weighted by Gasteiger charge is -1.23. The van der Waals surface area contributed by atoms with Crippen LogP contribution in [-0.2, 0) is 19.2 Å². The Morgan fingerprint density at radius 1 is 0.889 bits per heavy atom. The first-order valence-corrected chi connectivity index (χ1v) is 1.68. The lowest BCUT2D eigenvalue weighted by atomic mass is 11.0. The van der Waals surface area contributed by atoms with Crippen LogP contribution >= 0.6 is 0 Å². The molecule has 0 aliphatic rings. The maximum absolute atomic E-state index is 8.81. The molecule has 0 N–H and O–H groups in total. The Bertz CT molecular complexity index is 33.2. The zero-order chi connectivity index (χ0) is 8.71. The molecule has 0 heterocycles. The van der Waals surface area contributed by atoms with Crippen LogP contribution in [0.1, 0.15) is 6.92 Å². The third kappa shape index (κ3) is 84.0. The number of aldehydes is 1. The van der Waals surface area contributed by atoms with Crippen molar-refractivity contribution in [1.82, 2.24) is 0 Å². The molecule has 0 fully saturated rings. The fourth-order valence-corrected chi connectivity index (χ4v) is 0. The molecule has 0 bridgehead atoms. The number of carbonyl (C=O) groups is 4. The monoisotopic (exact) mass is 134 g/mol. The van der Waals surface area contributed by atoms with Gasteiger partial charge in [-0.2, -0.15) is 0 Å². The van der Waals surface area contributed by atoms with Crippen molar-refractivity contribution in [3.8, 4) is 0 Å². The molecule has 0 amide bonds. The number of hydrogen-bond donors (Lipinski definition) is 0. The third-order valence-corrected chi connectivity index (χ3v) is 0. The zero-order valence-electron chi connectivity index (χ0n) is 5.33. The maximum Gasteiger partial charge on any atom is 0.116 e. The normalized spacial score (nSPS) is 2.78. The molecule has 0 radical (unpaired) electrons. The summed E-state index contributed by atoms with van der Waals surface area (Å²) in [5.41, 5.74) is 0. The summed E-state index contributed by atoms with van der Waals surface area (Å²) in [6, 6.07) is 0. The number of rotatable bonds is 0. The van der Waals surface area contributed by atoms with Crippen molar-refractivity contribution in [3.05, 3.63) is 0 Å². The molecule has 9 heavy (non-hydrogen) atoms. The van der Waals surface area contributed by atoms with Crippen LogP contribution in [0.5, 0.6) is 0 Å². The molecule has 0 saturated heterocycles. The summed E-state index contributed by atoms with van der Waals surface area (Å²) in [5, 5.41) is 0.